The molecule has 0 aromatic heterocycles. The molecule has 1 saturated heterocycles. The van der Waals surface area contributed by atoms with E-state index in [1.807, 2.05) is 24.3 Å². The predicted octanol–water partition coefficient (Wildman–Crippen LogP) is 2.48. The van der Waals surface area contributed by atoms with Crippen LogP contribution in [0.1, 0.15) is 43.0 Å². The summed E-state index contributed by atoms with van der Waals surface area (Å²) in [5.74, 6) is 0.0526. The first-order valence-electron chi connectivity index (χ1n) is 8.15. The van der Waals surface area contributed by atoms with Crippen LogP contribution in [0.15, 0.2) is 24.3 Å². The van der Waals surface area contributed by atoms with Crippen LogP contribution >= 0.6 is 0 Å². The van der Waals surface area contributed by atoms with Crippen molar-refractivity contribution in [3.63, 3.8) is 0 Å². The van der Waals surface area contributed by atoms with E-state index >= 15 is 0 Å². The van der Waals surface area contributed by atoms with Gasteiger partial charge in [0.05, 0.1) is 5.56 Å². The number of likely N-dealkylation sites (tertiary alicyclic amines) is 1. The maximum Gasteiger partial charge on any atom is 0.253 e. The Hall–Kier alpha value is -1.55. The number of hydrogen-bond acceptors (Lipinski definition) is 3. The predicted molar refractivity (Wildman–Crippen MR) is 85.7 cm³/mol. The molecular weight excluding hydrogens is 262 g/mol. The molecule has 4 heteroatoms. The monoisotopic (exact) mass is 287 g/mol. The van der Waals surface area contributed by atoms with Crippen LogP contribution in [0, 0.1) is 0 Å². The molecule has 1 aromatic rings. The Morgan fingerprint density at radius 3 is 2.86 bits per heavy atom. The zero-order valence-electron chi connectivity index (χ0n) is 12.8. The molecular formula is C17H25N3O. The van der Waals surface area contributed by atoms with E-state index in [1.165, 1.54) is 12.8 Å². The number of hydrogen-bond donors (Lipinski definition) is 2. The summed E-state index contributed by atoms with van der Waals surface area (Å²) in [6, 6.07) is 8.88. The molecule has 1 saturated carbocycles. The van der Waals surface area contributed by atoms with Gasteiger partial charge in [0.1, 0.15) is 0 Å². The van der Waals surface area contributed by atoms with Crippen LogP contribution in [0.25, 0.3) is 0 Å². The van der Waals surface area contributed by atoms with Gasteiger partial charge in [-0.05, 0) is 37.8 Å². The lowest BCUT2D eigenvalue weighted by Gasteiger charge is -2.17. The van der Waals surface area contributed by atoms with Crippen molar-refractivity contribution in [2.24, 2.45) is 0 Å². The fraction of sp³-hybridized carbons (Fsp3) is 0.588. The van der Waals surface area contributed by atoms with Crippen LogP contribution in [-0.4, -0.2) is 42.5 Å². The van der Waals surface area contributed by atoms with Gasteiger partial charge < -0.3 is 10.6 Å². The van der Waals surface area contributed by atoms with Gasteiger partial charge in [0.2, 0.25) is 0 Å². The highest BCUT2D eigenvalue weighted by Gasteiger charge is 2.34. The van der Waals surface area contributed by atoms with Gasteiger partial charge in [-0.25, -0.2) is 0 Å². The molecule has 1 heterocycles. The third kappa shape index (κ3) is 3.56. The van der Waals surface area contributed by atoms with Crippen LogP contribution in [0.3, 0.4) is 0 Å². The van der Waals surface area contributed by atoms with Gasteiger partial charge in [-0.15, -0.1) is 0 Å². The number of nitrogens with zero attached hydrogens (tertiary/aromatic N) is 1. The maximum atomic E-state index is 12.5. The van der Waals surface area contributed by atoms with Crippen molar-refractivity contribution in [2.75, 3.05) is 25.0 Å². The zero-order valence-corrected chi connectivity index (χ0v) is 12.8. The molecule has 4 nitrogen and oxygen atoms in total. The van der Waals surface area contributed by atoms with E-state index in [4.69, 9.17) is 0 Å². The summed E-state index contributed by atoms with van der Waals surface area (Å²) in [6.07, 6.45) is 4.80. The fourth-order valence-corrected chi connectivity index (χ4v) is 3.03. The Labute approximate surface area is 126 Å². The van der Waals surface area contributed by atoms with Crippen molar-refractivity contribution >= 4 is 11.6 Å². The largest absolute Gasteiger partial charge is 0.384 e. The normalized spacial score (nSPS) is 22.2. The number of para-hydroxylation sites is 1. The third-order valence-corrected chi connectivity index (χ3v) is 4.36. The van der Waals surface area contributed by atoms with Gasteiger partial charge in [0.15, 0.2) is 0 Å². The number of carbonyl (C=O) groups is 1. The average Bonchev–Trinajstić information content (AvgIpc) is 3.26. The molecule has 0 radical (unpaired) electrons. The average molecular weight is 287 g/mol. The molecule has 1 aliphatic heterocycles. The van der Waals surface area contributed by atoms with Crippen LogP contribution in [-0.2, 0) is 0 Å². The smallest absolute Gasteiger partial charge is 0.253 e. The van der Waals surface area contributed by atoms with E-state index < -0.39 is 0 Å². The number of anilines is 1. The highest BCUT2D eigenvalue weighted by atomic mass is 16.1. The first-order valence-corrected chi connectivity index (χ1v) is 8.15. The molecule has 1 aromatic carbocycles. The molecule has 0 bridgehead atoms. The highest BCUT2D eigenvalue weighted by Crippen LogP contribution is 2.29. The van der Waals surface area contributed by atoms with Gasteiger partial charge in [-0.2, -0.15) is 0 Å². The van der Waals surface area contributed by atoms with Crippen molar-refractivity contribution in [1.82, 2.24) is 10.2 Å². The molecule has 1 aliphatic carbocycles. The summed E-state index contributed by atoms with van der Waals surface area (Å²) < 4.78 is 0. The molecule has 1 atom stereocenters. The van der Waals surface area contributed by atoms with Crippen molar-refractivity contribution in [3.05, 3.63) is 29.8 Å². The second-order valence-corrected chi connectivity index (χ2v) is 6.16. The highest BCUT2D eigenvalue weighted by molar-refractivity contribution is 5.99. The third-order valence-electron chi connectivity index (χ3n) is 4.36. The number of nitrogens with one attached hydrogen (secondary N) is 2. The molecule has 21 heavy (non-hydrogen) atoms. The minimum atomic E-state index is 0.0526. The summed E-state index contributed by atoms with van der Waals surface area (Å²) >= 11 is 0. The molecule has 2 fully saturated rings. The van der Waals surface area contributed by atoms with E-state index in [0.29, 0.717) is 6.04 Å². The van der Waals surface area contributed by atoms with Crippen molar-refractivity contribution in [3.8, 4) is 0 Å². The second kappa shape index (κ2) is 6.48. The summed E-state index contributed by atoms with van der Waals surface area (Å²) in [5.41, 5.74) is 1.70. The molecule has 2 aliphatic rings. The molecule has 1 unspecified atom stereocenters. The topological polar surface area (TPSA) is 44.4 Å². The minimum Gasteiger partial charge on any atom is -0.384 e. The van der Waals surface area contributed by atoms with Crippen LogP contribution in [0.5, 0.6) is 0 Å². The summed E-state index contributed by atoms with van der Waals surface area (Å²) in [4.78, 5) is 15.0. The van der Waals surface area contributed by atoms with Gasteiger partial charge in [0, 0.05) is 37.4 Å². The number of rotatable bonds is 6. The zero-order chi connectivity index (χ0) is 14.7. The number of benzene rings is 1. The maximum absolute atomic E-state index is 12.5. The van der Waals surface area contributed by atoms with Gasteiger partial charge in [-0.1, -0.05) is 19.1 Å². The molecule has 2 N–H and O–H groups in total. The lowest BCUT2D eigenvalue weighted by molar-refractivity contribution is 0.0938. The molecule has 1 amide bonds. The molecule has 0 spiro atoms. The first kappa shape index (κ1) is 14.4. The quantitative estimate of drug-likeness (QED) is 0.845. The Kier molecular flexibility index (Phi) is 4.44. The standard InChI is InChI=1S/C17H25N3O/c1-2-10-18-16-6-4-3-5-15(16)17(21)19-13-9-11-20(12-13)14-7-8-14/h3-6,13-14,18H,2,7-12H2,1H3,(H,19,21). The van der Waals surface area contributed by atoms with E-state index in [1.54, 1.807) is 0 Å². The molecule has 114 valence electrons. The summed E-state index contributed by atoms with van der Waals surface area (Å²) in [5, 5.41) is 6.54. The van der Waals surface area contributed by atoms with Crippen LogP contribution in [0.2, 0.25) is 0 Å². The van der Waals surface area contributed by atoms with Gasteiger partial charge in [0.25, 0.3) is 5.91 Å². The number of carbonyl (C=O) groups excluding carboxylic acids is 1. The fourth-order valence-electron chi connectivity index (χ4n) is 3.03. The summed E-state index contributed by atoms with van der Waals surface area (Å²) in [7, 11) is 0. The van der Waals surface area contributed by atoms with E-state index in [0.717, 1.165) is 49.8 Å². The van der Waals surface area contributed by atoms with Crippen LogP contribution < -0.4 is 10.6 Å². The van der Waals surface area contributed by atoms with Crippen molar-refractivity contribution in [2.45, 2.75) is 44.7 Å². The van der Waals surface area contributed by atoms with Crippen LogP contribution in [0.4, 0.5) is 5.69 Å². The van der Waals surface area contributed by atoms with Crippen molar-refractivity contribution in [1.29, 1.82) is 0 Å². The Bertz CT molecular complexity index is 499. The Morgan fingerprint density at radius 1 is 1.29 bits per heavy atom. The summed E-state index contributed by atoms with van der Waals surface area (Å²) in [6.45, 7) is 5.16. The number of amides is 1. The Balaban J connectivity index is 1.59. The van der Waals surface area contributed by atoms with E-state index in [9.17, 15) is 4.79 Å². The molecule has 3 rings (SSSR count). The van der Waals surface area contributed by atoms with E-state index in [-0.39, 0.29) is 5.91 Å². The van der Waals surface area contributed by atoms with Gasteiger partial charge >= 0.3 is 0 Å². The van der Waals surface area contributed by atoms with E-state index in [2.05, 4.69) is 22.5 Å². The lowest BCUT2D eigenvalue weighted by atomic mass is 10.1. The lowest BCUT2D eigenvalue weighted by Crippen LogP contribution is -2.37. The second-order valence-electron chi connectivity index (χ2n) is 6.16. The Morgan fingerprint density at radius 2 is 2.10 bits per heavy atom. The minimum absolute atomic E-state index is 0.0526. The van der Waals surface area contributed by atoms with Crippen molar-refractivity contribution < 1.29 is 4.79 Å². The first-order chi connectivity index (χ1) is 10.3. The SMILES string of the molecule is CCCNc1ccccc1C(=O)NC1CCN(C2CC2)C1. The van der Waals surface area contributed by atoms with Gasteiger partial charge in [-0.3, -0.25) is 9.69 Å².